The molecular weight excluding hydrogens is 221 g/mol. The van der Waals surface area contributed by atoms with Crippen LogP contribution in [0.15, 0.2) is 23.1 Å². The summed E-state index contributed by atoms with van der Waals surface area (Å²) in [5.74, 6) is 0.985. The van der Waals surface area contributed by atoms with Crippen molar-refractivity contribution in [2.24, 2.45) is 5.41 Å². The van der Waals surface area contributed by atoms with Crippen molar-refractivity contribution in [1.29, 1.82) is 0 Å². The summed E-state index contributed by atoms with van der Waals surface area (Å²) in [6.45, 7) is 1.01. The lowest BCUT2D eigenvalue weighted by molar-refractivity contribution is 0.373. The molecule has 16 heavy (non-hydrogen) atoms. The van der Waals surface area contributed by atoms with Crippen molar-refractivity contribution < 1.29 is 4.39 Å². The fraction of sp³-hybridized carbons (Fsp3) is 0.538. The standard InChI is InChI=1S/C13H16FNS/c14-10-4-3-5-11-12(10)16-9-13(8-15-11)6-1-2-7-13/h3-5,15H,1-2,6-9H2. The summed E-state index contributed by atoms with van der Waals surface area (Å²) < 4.78 is 13.7. The van der Waals surface area contributed by atoms with Gasteiger partial charge in [-0.05, 0) is 30.4 Å². The lowest BCUT2D eigenvalue weighted by Gasteiger charge is -2.26. The van der Waals surface area contributed by atoms with Gasteiger partial charge in [0.2, 0.25) is 0 Å². The maximum atomic E-state index is 13.7. The van der Waals surface area contributed by atoms with E-state index in [-0.39, 0.29) is 5.82 Å². The number of halogens is 1. The van der Waals surface area contributed by atoms with E-state index in [0.29, 0.717) is 5.41 Å². The van der Waals surface area contributed by atoms with Gasteiger partial charge in [0.25, 0.3) is 0 Å². The quantitative estimate of drug-likeness (QED) is 0.734. The first-order valence-corrected chi connectivity index (χ1v) is 6.93. The average molecular weight is 237 g/mol. The van der Waals surface area contributed by atoms with Gasteiger partial charge < -0.3 is 5.32 Å². The van der Waals surface area contributed by atoms with E-state index in [9.17, 15) is 4.39 Å². The zero-order valence-corrected chi connectivity index (χ0v) is 10.1. The second-order valence-electron chi connectivity index (χ2n) is 4.97. The van der Waals surface area contributed by atoms with Gasteiger partial charge in [-0.2, -0.15) is 0 Å². The molecule has 1 aromatic carbocycles. The molecule has 1 aliphatic heterocycles. The monoisotopic (exact) mass is 237 g/mol. The van der Waals surface area contributed by atoms with Crippen LogP contribution in [-0.4, -0.2) is 12.3 Å². The summed E-state index contributed by atoms with van der Waals surface area (Å²) in [7, 11) is 0. The van der Waals surface area contributed by atoms with Crippen LogP contribution in [0.1, 0.15) is 25.7 Å². The third kappa shape index (κ3) is 1.71. The van der Waals surface area contributed by atoms with Gasteiger partial charge in [-0.3, -0.25) is 0 Å². The van der Waals surface area contributed by atoms with Crippen LogP contribution in [0.3, 0.4) is 0 Å². The molecule has 2 aliphatic rings. The highest BCUT2D eigenvalue weighted by molar-refractivity contribution is 7.99. The van der Waals surface area contributed by atoms with Crippen molar-refractivity contribution in [2.75, 3.05) is 17.6 Å². The Morgan fingerprint density at radius 1 is 1.25 bits per heavy atom. The number of fused-ring (bicyclic) bond motifs is 1. The van der Waals surface area contributed by atoms with E-state index >= 15 is 0 Å². The molecule has 3 rings (SSSR count). The van der Waals surface area contributed by atoms with Gasteiger partial charge in [0.15, 0.2) is 0 Å². The SMILES string of the molecule is Fc1cccc2c1SCC1(CCCC1)CN2. The molecule has 1 fully saturated rings. The maximum Gasteiger partial charge on any atom is 0.138 e. The highest BCUT2D eigenvalue weighted by Gasteiger charge is 2.36. The van der Waals surface area contributed by atoms with Crippen molar-refractivity contribution in [3.8, 4) is 0 Å². The van der Waals surface area contributed by atoms with E-state index < -0.39 is 0 Å². The first-order valence-electron chi connectivity index (χ1n) is 5.94. The average Bonchev–Trinajstić information content (AvgIpc) is 2.65. The maximum absolute atomic E-state index is 13.7. The molecule has 1 nitrogen and oxygen atoms in total. The molecule has 86 valence electrons. The predicted molar refractivity (Wildman–Crippen MR) is 66.5 cm³/mol. The molecule has 0 radical (unpaired) electrons. The summed E-state index contributed by atoms with van der Waals surface area (Å²) in [5.41, 5.74) is 1.39. The molecule has 3 heteroatoms. The van der Waals surface area contributed by atoms with Gasteiger partial charge in [0.05, 0.1) is 10.6 Å². The second kappa shape index (κ2) is 3.95. The molecule has 0 bridgehead atoms. The fourth-order valence-electron chi connectivity index (χ4n) is 2.80. The molecule has 0 atom stereocenters. The van der Waals surface area contributed by atoms with E-state index in [1.54, 1.807) is 23.9 Å². The van der Waals surface area contributed by atoms with E-state index in [0.717, 1.165) is 22.9 Å². The Balaban J connectivity index is 1.89. The van der Waals surface area contributed by atoms with Crippen molar-refractivity contribution in [2.45, 2.75) is 30.6 Å². The van der Waals surface area contributed by atoms with E-state index in [1.165, 1.54) is 25.7 Å². The lowest BCUT2D eigenvalue weighted by Crippen LogP contribution is -2.27. The normalized spacial score (nSPS) is 22.6. The van der Waals surface area contributed by atoms with Crippen LogP contribution in [0.5, 0.6) is 0 Å². The van der Waals surface area contributed by atoms with Gasteiger partial charge >= 0.3 is 0 Å². The van der Waals surface area contributed by atoms with Gasteiger partial charge in [-0.1, -0.05) is 18.9 Å². The molecule has 0 unspecified atom stereocenters. The van der Waals surface area contributed by atoms with Crippen molar-refractivity contribution in [3.63, 3.8) is 0 Å². The van der Waals surface area contributed by atoms with Crippen LogP contribution in [0, 0.1) is 11.2 Å². The molecule has 1 aromatic rings. The minimum Gasteiger partial charge on any atom is -0.383 e. The van der Waals surface area contributed by atoms with Crippen LogP contribution < -0.4 is 5.32 Å². The van der Waals surface area contributed by atoms with E-state index in [1.807, 2.05) is 6.07 Å². The highest BCUT2D eigenvalue weighted by Crippen LogP contribution is 2.46. The Morgan fingerprint density at radius 3 is 2.88 bits per heavy atom. The Bertz CT molecular complexity index is 399. The Morgan fingerprint density at radius 2 is 2.06 bits per heavy atom. The predicted octanol–water partition coefficient (Wildman–Crippen LogP) is 3.90. The molecular formula is C13H16FNS. The topological polar surface area (TPSA) is 12.0 Å². The summed E-state index contributed by atoms with van der Waals surface area (Å²) in [5, 5.41) is 3.44. The number of thioether (sulfide) groups is 1. The van der Waals surface area contributed by atoms with E-state index in [4.69, 9.17) is 0 Å². The zero-order valence-electron chi connectivity index (χ0n) is 9.26. The molecule has 0 amide bonds. The van der Waals surface area contributed by atoms with Crippen molar-refractivity contribution in [1.82, 2.24) is 0 Å². The number of anilines is 1. The summed E-state index contributed by atoms with van der Waals surface area (Å²) in [6, 6.07) is 5.33. The van der Waals surface area contributed by atoms with Crippen LogP contribution in [0.4, 0.5) is 10.1 Å². The van der Waals surface area contributed by atoms with E-state index in [2.05, 4.69) is 5.32 Å². The van der Waals surface area contributed by atoms with Crippen LogP contribution >= 0.6 is 11.8 Å². The number of benzene rings is 1. The van der Waals surface area contributed by atoms with Crippen LogP contribution in [0.2, 0.25) is 0 Å². The Labute approximate surface area is 99.8 Å². The number of hydrogen-bond acceptors (Lipinski definition) is 2. The number of nitrogens with one attached hydrogen (secondary N) is 1. The molecule has 0 aromatic heterocycles. The zero-order chi connectivity index (χ0) is 11.0. The van der Waals surface area contributed by atoms with Gasteiger partial charge in [-0.15, -0.1) is 11.8 Å². The van der Waals surface area contributed by atoms with Gasteiger partial charge in [0, 0.05) is 12.3 Å². The first-order chi connectivity index (χ1) is 7.79. The van der Waals surface area contributed by atoms with Gasteiger partial charge in [-0.25, -0.2) is 4.39 Å². The summed E-state index contributed by atoms with van der Waals surface area (Å²) >= 11 is 1.69. The fourth-order valence-corrected chi connectivity index (χ4v) is 4.14. The van der Waals surface area contributed by atoms with Gasteiger partial charge in [0.1, 0.15) is 5.82 Å². The van der Waals surface area contributed by atoms with Crippen molar-refractivity contribution >= 4 is 17.4 Å². The smallest absolute Gasteiger partial charge is 0.138 e. The Kier molecular flexibility index (Phi) is 2.58. The van der Waals surface area contributed by atoms with Crippen LogP contribution in [-0.2, 0) is 0 Å². The molecule has 1 spiro atoms. The Hall–Kier alpha value is -0.700. The first kappa shape index (κ1) is 10.5. The molecule has 1 heterocycles. The largest absolute Gasteiger partial charge is 0.383 e. The highest BCUT2D eigenvalue weighted by atomic mass is 32.2. The number of hydrogen-bond donors (Lipinski definition) is 1. The van der Waals surface area contributed by atoms with Crippen molar-refractivity contribution in [3.05, 3.63) is 24.0 Å². The molecule has 1 N–H and O–H groups in total. The third-order valence-corrected chi connectivity index (χ3v) is 5.27. The number of rotatable bonds is 0. The molecule has 1 saturated carbocycles. The summed E-state index contributed by atoms with van der Waals surface area (Å²) in [6.07, 6.45) is 5.26. The lowest BCUT2D eigenvalue weighted by atomic mass is 9.88. The third-order valence-electron chi connectivity index (χ3n) is 3.81. The molecule has 0 saturated heterocycles. The minimum absolute atomic E-state index is 0.0787. The van der Waals surface area contributed by atoms with Crippen LogP contribution in [0.25, 0.3) is 0 Å². The summed E-state index contributed by atoms with van der Waals surface area (Å²) in [4.78, 5) is 0.811. The minimum atomic E-state index is -0.0787. The molecule has 1 aliphatic carbocycles. The second-order valence-corrected chi connectivity index (χ2v) is 5.95.